The van der Waals surface area contributed by atoms with Crippen LogP contribution in [0, 0.1) is 17.2 Å². The summed E-state index contributed by atoms with van der Waals surface area (Å²) in [4.78, 5) is 24.4. The molecule has 0 amide bonds. The van der Waals surface area contributed by atoms with E-state index in [1.807, 2.05) is 0 Å². The summed E-state index contributed by atoms with van der Waals surface area (Å²) in [7, 11) is 1.36. The Bertz CT molecular complexity index is 954. The number of Topliss-reactive ketones (excluding diaryl/α,β-unsaturated/α-hetero) is 1. The van der Waals surface area contributed by atoms with Gasteiger partial charge in [0.1, 0.15) is 23.6 Å². The number of methoxy groups -OCH3 is 1. The number of benzene rings is 2. The minimum absolute atomic E-state index is 0.0357. The maximum absolute atomic E-state index is 12.7. The van der Waals surface area contributed by atoms with Crippen LogP contribution in [-0.2, 0) is 9.53 Å². The molecule has 1 aliphatic heterocycles. The first-order valence-electron chi connectivity index (χ1n) is 9.32. The molecule has 1 aliphatic rings. The molecule has 150 valence electrons. The Kier molecular flexibility index (Phi) is 6.86. The fourth-order valence-electron chi connectivity index (χ4n) is 3.41. The van der Waals surface area contributed by atoms with Crippen molar-refractivity contribution in [1.82, 2.24) is 5.32 Å². The Morgan fingerprint density at radius 1 is 1.24 bits per heavy atom. The third-order valence-electron chi connectivity index (χ3n) is 4.95. The van der Waals surface area contributed by atoms with Gasteiger partial charge in [0, 0.05) is 12.0 Å². The van der Waals surface area contributed by atoms with Gasteiger partial charge in [0.2, 0.25) is 0 Å². The van der Waals surface area contributed by atoms with Crippen LogP contribution in [0.15, 0.2) is 42.5 Å². The monoisotopic (exact) mass is 412 g/mol. The van der Waals surface area contributed by atoms with E-state index in [2.05, 4.69) is 11.4 Å². The summed E-state index contributed by atoms with van der Waals surface area (Å²) in [6.07, 6.45) is 1.72. The van der Waals surface area contributed by atoms with E-state index < -0.39 is 0 Å². The van der Waals surface area contributed by atoms with Gasteiger partial charge in [0.15, 0.2) is 5.78 Å². The summed E-state index contributed by atoms with van der Waals surface area (Å²) in [6.45, 7) is 0.670. The van der Waals surface area contributed by atoms with Crippen molar-refractivity contribution in [2.45, 2.75) is 25.3 Å². The molecule has 2 atom stereocenters. The van der Waals surface area contributed by atoms with Gasteiger partial charge in [-0.15, -0.1) is 0 Å². The number of nitrogens with zero attached hydrogens (tertiary/aromatic N) is 1. The predicted molar refractivity (Wildman–Crippen MR) is 108 cm³/mol. The first-order valence-corrected chi connectivity index (χ1v) is 9.70. The van der Waals surface area contributed by atoms with Crippen LogP contribution in [0.2, 0.25) is 5.02 Å². The number of carbonyl (C=O) groups is 2. The van der Waals surface area contributed by atoms with Crippen molar-refractivity contribution in [2.75, 3.05) is 13.7 Å². The fraction of sp³-hybridized carbons (Fsp3) is 0.318. The van der Waals surface area contributed by atoms with Crippen molar-refractivity contribution in [3.63, 3.8) is 0 Å². The van der Waals surface area contributed by atoms with Crippen LogP contribution < -0.4 is 10.1 Å². The number of nitrogens with one attached hydrogen (secondary N) is 1. The first kappa shape index (κ1) is 20.8. The summed E-state index contributed by atoms with van der Waals surface area (Å²) < 4.78 is 10.5. The number of ether oxygens (including phenoxy) is 2. The molecule has 0 radical (unpaired) electrons. The number of rotatable bonds is 6. The Balaban J connectivity index is 1.67. The minimum Gasteiger partial charge on any atom is -0.468 e. The van der Waals surface area contributed by atoms with Crippen molar-refractivity contribution in [1.29, 1.82) is 5.26 Å². The van der Waals surface area contributed by atoms with Crippen molar-refractivity contribution in [3.8, 4) is 17.6 Å². The fourth-order valence-corrected chi connectivity index (χ4v) is 3.63. The van der Waals surface area contributed by atoms with Crippen LogP contribution in [0.1, 0.15) is 35.2 Å². The lowest BCUT2D eigenvalue weighted by atomic mass is 9.87. The average Bonchev–Trinajstić information content (AvgIpc) is 2.75. The highest BCUT2D eigenvalue weighted by Gasteiger charge is 2.29. The summed E-state index contributed by atoms with van der Waals surface area (Å²) in [5.74, 6) is 0.541. The van der Waals surface area contributed by atoms with Crippen molar-refractivity contribution < 1.29 is 19.1 Å². The molecule has 6 nitrogen and oxygen atoms in total. The van der Waals surface area contributed by atoms with E-state index in [4.69, 9.17) is 26.3 Å². The molecule has 1 N–H and O–H groups in total. The maximum atomic E-state index is 12.7. The molecule has 0 aliphatic carbocycles. The van der Waals surface area contributed by atoms with Gasteiger partial charge < -0.3 is 14.8 Å². The van der Waals surface area contributed by atoms with Gasteiger partial charge in [-0.05, 0) is 55.6 Å². The van der Waals surface area contributed by atoms with Gasteiger partial charge in [-0.3, -0.25) is 9.59 Å². The smallest absolute Gasteiger partial charge is 0.322 e. The summed E-state index contributed by atoms with van der Waals surface area (Å²) in [5.41, 5.74) is 0.888. The molecule has 1 heterocycles. The topological polar surface area (TPSA) is 88.4 Å². The van der Waals surface area contributed by atoms with Gasteiger partial charge in [-0.1, -0.05) is 23.7 Å². The number of hydrogen-bond acceptors (Lipinski definition) is 6. The number of piperidine rings is 1. The zero-order chi connectivity index (χ0) is 20.8. The third-order valence-corrected chi connectivity index (χ3v) is 5.25. The van der Waals surface area contributed by atoms with E-state index in [0.717, 1.165) is 6.42 Å². The first-order chi connectivity index (χ1) is 14.0. The van der Waals surface area contributed by atoms with Crippen LogP contribution in [0.3, 0.4) is 0 Å². The van der Waals surface area contributed by atoms with Gasteiger partial charge in [0.05, 0.1) is 17.7 Å². The molecule has 29 heavy (non-hydrogen) atoms. The Morgan fingerprint density at radius 3 is 2.76 bits per heavy atom. The number of para-hydroxylation sites is 1. The zero-order valence-corrected chi connectivity index (χ0v) is 16.7. The second kappa shape index (κ2) is 9.55. The van der Waals surface area contributed by atoms with E-state index in [0.29, 0.717) is 47.0 Å². The number of hydrogen-bond donors (Lipinski definition) is 1. The second-order valence-electron chi connectivity index (χ2n) is 6.90. The molecular weight excluding hydrogens is 392 g/mol. The Morgan fingerprint density at radius 2 is 2.03 bits per heavy atom. The largest absolute Gasteiger partial charge is 0.468 e. The molecule has 3 rings (SSSR count). The molecule has 0 spiro atoms. The lowest BCUT2D eigenvalue weighted by Gasteiger charge is -2.28. The highest BCUT2D eigenvalue weighted by Crippen LogP contribution is 2.32. The molecule has 7 heteroatoms. The van der Waals surface area contributed by atoms with Crippen LogP contribution in [0.4, 0.5) is 0 Å². The van der Waals surface area contributed by atoms with E-state index in [-0.39, 0.29) is 23.7 Å². The van der Waals surface area contributed by atoms with Gasteiger partial charge in [0.25, 0.3) is 0 Å². The SMILES string of the molecule is COC(=O)C1CC(CC(=O)c2ccc(Oc3ccccc3C#N)c(Cl)c2)CCN1. The second-order valence-corrected chi connectivity index (χ2v) is 7.31. The standard InChI is InChI=1S/C22H21ClN2O4/c1-28-22(27)18-10-14(8-9-25-18)11-19(26)15-6-7-21(17(23)12-15)29-20-5-3-2-4-16(20)13-24/h2-7,12,14,18,25H,8-11H2,1H3. The highest BCUT2D eigenvalue weighted by atomic mass is 35.5. The van der Waals surface area contributed by atoms with Crippen LogP contribution in [0.25, 0.3) is 0 Å². The summed E-state index contributed by atoms with van der Waals surface area (Å²) in [6, 6.07) is 13.4. The molecule has 1 fully saturated rings. The van der Waals surface area contributed by atoms with Crippen molar-refractivity contribution in [2.24, 2.45) is 5.92 Å². The van der Waals surface area contributed by atoms with Crippen LogP contribution >= 0.6 is 11.6 Å². The summed E-state index contributed by atoms with van der Waals surface area (Å²) in [5, 5.41) is 12.6. The Hall–Kier alpha value is -2.88. The van der Waals surface area contributed by atoms with Gasteiger partial charge in [-0.2, -0.15) is 5.26 Å². The van der Waals surface area contributed by atoms with Crippen LogP contribution in [-0.4, -0.2) is 31.4 Å². The van der Waals surface area contributed by atoms with Crippen LogP contribution in [0.5, 0.6) is 11.5 Å². The molecule has 0 aromatic heterocycles. The number of nitriles is 1. The molecule has 2 unspecified atom stereocenters. The average molecular weight is 413 g/mol. The molecular formula is C22H21ClN2O4. The summed E-state index contributed by atoms with van der Waals surface area (Å²) >= 11 is 6.31. The third kappa shape index (κ3) is 5.14. The lowest BCUT2D eigenvalue weighted by Crippen LogP contribution is -2.44. The van der Waals surface area contributed by atoms with Crippen molar-refractivity contribution >= 4 is 23.4 Å². The molecule has 0 saturated carbocycles. The maximum Gasteiger partial charge on any atom is 0.322 e. The van der Waals surface area contributed by atoms with E-state index in [9.17, 15) is 9.59 Å². The number of ketones is 1. The van der Waals surface area contributed by atoms with E-state index in [1.165, 1.54) is 7.11 Å². The highest BCUT2D eigenvalue weighted by molar-refractivity contribution is 6.32. The quantitative estimate of drug-likeness (QED) is 0.567. The molecule has 1 saturated heterocycles. The molecule has 2 aromatic carbocycles. The van der Waals surface area contributed by atoms with E-state index >= 15 is 0 Å². The lowest BCUT2D eigenvalue weighted by molar-refractivity contribution is -0.144. The zero-order valence-electron chi connectivity index (χ0n) is 16.0. The van der Waals surface area contributed by atoms with Gasteiger partial charge in [-0.25, -0.2) is 0 Å². The molecule has 0 bridgehead atoms. The predicted octanol–water partition coefficient (Wildman–Crippen LogP) is 4.12. The Labute approximate surface area is 174 Å². The minimum atomic E-state index is -0.369. The van der Waals surface area contributed by atoms with Crippen molar-refractivity contribution in [3.05, 3.63) is 58.6 Å². The van der Waals surface area contributed by atoms with E-state index in [1.54, 1.807) is 42.5 Å². The number of halogens is 1. The number of esters is 1. The normalized spacial score (nSPS) is 18.5. The molecule has 2 aromatic rings. The van der Waals surface area contributed by atoms with Gasteiger partial charge >= 0.3 is 5.97 Å². The number of carbonyl (C=O) groups excluding carboxylic acids is 2.